The molecule has 0 unspecified atom stereocenters. The van der Waals surface area contributed by atoms with Crippen molar-refractivity contribution in [2.45, 2.75) is 5.41 Å². The predicted molar refractivity (Wildman–Crippen MR) is 183 cm³/mol. The number of rotatable bonds is 14. The lowest BCUT2D eigenvalue weighted by Crippen LogP contribution is -2.28. The van der Waals surface area contributed by atoms with Crippen LogP contribution in [0.2, 0.25) is 0 Å². The smallest absolute Gasteiger partial charge is 0.200 e. The third kappa shape index (κ3) is 6.28. The Morgan fingerprint density at radius 1 is 0.638 bits per heavy atom. The van der Waals surface area contributed by atoms with Crippen LogP contribution in [0.1, 0.15) is 27.8 Å². The highest BCUT2D eigenvalue weighted by atomic mass is 16.5. The monoisotopic (exact) mass is 630 g/mol. The molecule has 0 atom stereocenters. The van der Waals surface area contributed by atoms with Gasteiger partial charge in [0.25, 0.3) is 0 Å². The maximum Gasteiger partial charge on any atom is 0.200 e. The molecule has 0 saturated heterocycles. The van der Waals surface area contributed by atoms with Crippen molar-refractivity contribution < 1.29 is 33.9 Å². The summed E-state index contributed by atoms with van der Waals surface area (Å²) in [7, 11) is 3.00. The number of hydrogen-bond acceptors (Lipinski definition) is 7. The Kier molecular flexibility index (Phi) is 9.76. The van der Waals surface area contributed by atoms with Gasteiger partial charge in [0.15, 0.2) is 11.5 Å². The Morgan fingerprint density at radius 2 is 1.15 bits per heavy atom. The lowest BCUT2D eigenvalue weighted by molar-refractivity contribution is 0.121. The number of hydrogen-bond donors (Lipinski definition) is 2. The summed E-state index contributed by atoms with van der Waals surface area (Å²) in [6.45, 7) is 1.45. The first-order chi connectivity index (χ1) is 23.1. The van der Waals surface area contributed by atoms with Crippen molar-refractivity contribution in [3.63, 3.8) is 0 Å². The number of methoxy groups -OCH3 is 2. The standard InChI is InChI=1S/C40H38O7/c1-43-37-26-28(27-38(44-2)39(37)42)8-7-22-45-24-25-47-32-19-15-30(16-20-32)40(29-13-17-31(18-14-29)46-23-21-41)35-11-5-3-9-33(35)34-10-4-6-12-36(34)40/h3-20,26-27,41-42H,21-25H2,1-2H3. The first-order valence-electron chi connectivity index (χ1n) is 15.6. The molecule has 0 aromatic heterocycles. The Balaban J connectivity index is 1.17. The molecule has 240 valence electrons. The van der Waals surface area contributed by atoms with Gasteiger partial charge in [-0.1, -0.05) is 84.9 Å². The fourth-order valence-electron chi connectivity index (χ4n) is 6.35. The number of aliphatic hydroxyl groups is 1. The van der Waals surface area contributed by atoms with Crippen molar-refractivity contribution in [3.8, 4) is 39.9 Å². The van der Waals surface area contributed by atoms with Gasteiger partial charge < -0.3 is 33.9 Å². The van der Waals surface area contributed by atoms with Gasteiger partial charge in [-0.15, -0.1) is 0 Å². The zero-order valence-electron chi connectivity index (χ0n) is 26.5. The summed E-state index contributed by atoms with van der Waals surface area (Å²) in [4.78, 5) is 0. The fraction of sp³-hybridized carbons (Fsp3) is 0.200. The SMILES string of the molecule is COc1cc(C=CCOCCOc2ccc(C3(c4ccc(OCCO)cc4)c4ccccc4-c4ccccc43)cc2)cc(OC)c1O. The third-order valence-corrected chi connectivity index (χ3v) is 8.41. The molecule has 5 aromatic rings. The van der Waals surface area contributed by atoms with E-state index in [9.17, 15) is 10.2 Å². The normalized spacial score (nSPS) is 12.8. The molecule has 0 fully saturated rings. The van der Waals surface area contributed by atoms with Gasteiger partial charge in [0.2, 0.25) is 5.75 Å². The molecule has 0 radical (unpaired) electrons. The molecule has 0 heterocycles. The largest absolute Gasteiger partial charge is 0.502 e. The molecule has 0 amide bonds. The van der Waals surface area contributed by atoms with E-state index in [2.05, 4.69) is 72.8 Å². The van der Waals surface area contributed by atoms with Crippen LogP contribution in [0.25, 0.3) is 17.2 Å². The molecule has 1 aliphatic rings. The minimum atomic E-state index is -0.526. The van der Waals surface area contributed by atoms with Gasteiger partial charge in [-0.2, -0.15) is 0 Å². The van der Waals surface area contributed by atoms with Gasteiger partial charge >= 0.3 is 0 Å². The number of fused-ring (bicyclic) bond motifs is 3. The summed E-state index contributed by atoms with van der Waals surface area (Å²) in [6, 6.07) is 37.2. The van der Waals surface area contributed by atoms with Crippen molar-refractivity contribution in [3.05, 3.63) is 143 Å². The van der Waals surface area contributed by atoms with E-state index >= 15 is 0 Å². The first kappa shape index (κ1) is 31.7. The maximum atomic E-state index is 10.1. The number of benzene rings is 5. The molecule has 47 heavy (non-hydrogen) atoms. The Bertz CT molecular complexity index is 1760. The molecule has 2 N–H and O–H groups in total. The van der Waals surface area contributed by atoms with E-state index in [1.165, 1.54) is 36.5 Å². The molecule has 0 bridgehead atoms. The van der Waals surface area contributed by atoms with E-state index in [1.807, 2.05) is 36.4 Å². The molecule has 0 spiro atoms. The van der Waals surface area contributed by atoms with Crippen LogP contribution in [0, 0.1) is 0 Å². The topological polar surface area (TPSA) is 86.6 Å². The van der Waals surface area contributed by atoms with Crippen LogP contribution < -0.4 is 18.9 Å². The summed E-state index contributed by atoms with van der Waals surface area (Å²) in [6.07, 6.45) is 3.77. The number of aliphatic hydroxyl groups excluding tert-OH is 1. The molecular weight excluding hydrogens is 592 g/mol. The Morgan fingerprint density at radius 3 is 1.66 bits per heavy atom. The van der Waals surface area contributed by atoms with E-state index in [0.29, 0.717) is 31.3 Å². The van der Waals surface area contributed by atoms with E-state index in [-0.39, 0.29) is 19.0 Å². The van der Waals surface area contributed by atoms with Crippen LogP contribution in [-0.4, -0.2) is 57.5 Å². The summed E-state index contributed by atoms with van der Waals surface area (Å²) in [5.74, 6) is 2.15. The van der Waals surface area contributed by atoms with Crippen molar-refractivity contribution in [2.75, 3.05) is 47.3 Å². The second kappa shape index (κ2) is 14.5. The average molecular weight is 631 g/mol. The zero-order valence-corrected chi connectivity index (χ0v) is 26.5. The lowest BCUT2D eigenvalue weighted by Gasteiger charge is -2.34. The maximum absolute atomic E-state index is 10.1. The number of aromatic hydroxyl groups is 1. The van der Waals surface area contributed by atoms with Crippen LogP contribution >= 0.6 is 0 Å². The average Bonchev–Trinajstić information content (AvgIpc) is 3.42. The van der Waals surface area contributed by atoms with Gasteiger partial charge in [-0.25, -0.2) is 0 Å². The van der Waals surface area contributed by atoms with Crippen LogP contribution in [0.3, 0.4) is 0 Å². The van der Waals surface area contributed by atoms with E-state index in [0.717, 1.165) is 28.2 Å². The third-order valence-electron chi connectivity index (χ3n) is 8.41. The highest BCUT2D eigenvalue weighted by Crippen LogP contribution is 2.56. The fourth-order valence-corrected chi connectivity index (χ4v) is 6.35. The molecule has 0 aliphatic heterocycles. The molecule has 0 saturated carbocycles. The minimum absolute atomic E-state index is 0.0271. The Hall–Kier alpha value is -5.24. The molecule has 6 rings (SSSR count). The number of phenols is 1. The van der Waals surface area contributed by atoms with E-state index < -0.39 is 5.41 Å². The summed E-state index contributed by atoms with van der Waals surface area (Å²) >= 11 is 0. The summed E-state index contributed by atoms with van der Waals surface area (Å²) < 4.78 is 27.9. The second-order valence-corrected chi connectivity index (χ2v) is 11.1. The number of ether oxygens (including phenoxy) is 5. The molecule has 5 aromatic carbocycles. The van der Waals surface area contributed by atoms with Gasteiger partial charge in [0, 0.05) is 0 Å². The van der Waals surface area contributed by atoms with Crippen molar-refractivity contribution in [1.82, 2.24) is 0 Å². The van der Waals surface area contributed by atoms with Crippen LogP contribution in [0.4, 0.5) is 0 Å². The second-order valence-electron chi connectivity index (χ2n) is 11.1. The van der Waals surface area contributed by atoms with E-state index in [4.69, 9.17) is 23.7 Å². The van der Waals surface area contributed by atoms with Crippen LogP contribution in [0.15, 0.2) is 115 Å². The lowest BCUT2D eigenvalue weighted by atomic mass is 9.68. The minimum Gasteiger partial charge on any atom is -0.502 e. The van der Waals surface area contributed by atoms with Gasteiger partial charge in [-0.3, -0.25) is 0 Å². The highest BCUT2D eigenvalue weighted by Gasteiger charge is 2.45. The van der Waals surface area contributed by atoms with Crippen LogP contribution in [-0.2, 0) is 10.2 Å². The predicted octanol–water partition coefficient (Wildman–Crippen LogP) is 7.25. The van der Waals surface area contributed by atoms with Crippen LogP contribution in [0.5, 0.6) is 28.7 Å². The molecule has 1 aliphatic carbocycles. The van der Waals surface area contributed by atoms with Crippen molar-refractivity contribution in [2.24, 2.45) is 0 Å². The number of phenolic OH excluding ortho intramolecular Hbond substituents is 1. The molecule has 7 nitrogen and oxygen atoms in total. The van der Waals surface area contributed by atoms with E-state index in [1.54, 1.807) is 12.1 Å². The van der Waals surface area contributed by atoms with Gasteiger partial charge in [0.1, 0.15) is 24.7 Å². The zero-order chi connectivity index (χ0) is 32.6. The van der Waals surface area contributed by atoms with Gasteiger partial charge in [0.05, 0.1) is 39.5 Å². The Labute approximate surface area is 275 Å². The van der Waals surface area contributed by atoms with Crippen molar-refractivity contribution >= 4 is 6.08 Å². The quantitative estimate of drug-likeness (QED) is 0.123. The highest BCUT2D eigenvalue weighted by molar-refractivity contribution is 5.86. The molecular formula is C40H38O7. The first-order valence-corrected chi connectivity index (χ1v) is 15.6. The summed E-state index contributed by atoms with van der Waals surface area (Å²) in [5, 5.41) is 19.3. The molecule has 7 heteroatoms. The summed E-state index contributed by atoms with van der Waals surface area (Å²) in [5.41, 5.74) is 7.46. The van der Waals surface area contributed by atoms with Gasteiger partial charge in [-0.05, 0) is 75.3 Å². The van der Waals surface area contributed by atoms with Crippen molar-refractivity contribution in [1.29, 1.82) is 0 Å².